The SMILES string of the molecule is COCCC[C@@](O)(c1ccccc1Oc1ccccc1)C1CCCN(c2c(N3CCCC(N)C3)c(=O)c2=O)C1. The summed E-state index contributed by atoms with van der Waals surface area (Å²) in [6.07, 6.45) is 4.57. The van der Waals surface area contributed by atoms with Crippen LogP contribution in [-0.2, 0) is 10.3 Å². The lowest BCUT2D eigenvalue weighted by molar-refractivity contribution is -0.0438. The summed E-state index contributed by atoms with van der Waals surface area (Å²) in [7, 11) is 1.66. The van der Waals surface area contributed by atoms with Crippen LogP contribution in [0.2, 0.25) is 0 Å². The fraction of sp³-hybridized carbons (Fsp3) is 0.484. The van der Waals surface area contributed by atoms with Crippen LogP contribution in [0.5, 0.6) is 11.5 Å². The highest BCUT2D eigenvalue weighted by Gasteiger charge is 2.44. The van der Waals surface area contributed by atoms with Crippen molar-refractivity contribution in [3.63, 3.8) is 0 Å². The van der Waals surface area contributed by atoms with Gasteiger partial charge in [0.15, 0.2) is 0 Å². The third-order valence-corrected chi connectivity index (χ3v) is 8.28. The number of anilines is 2. The van der Waals surface area contributed by atoms with E-state index >= 15 is 0 Å². The number of ether oxygens (including phenoxy) is 2. The van der Waals surface area contributed by atoms with Crippen LogP contribution >= 0.6 is 0 Å². The lowest BCUT2D eigenvalue weighted by atomic mass is 9.73. The van der Waals surface area contributed by atoms with Gasteiger partial charge in [0.1, 0.15) is 22.9 Å². The third-order valence-electron chi connectivity index (χ3n) is 8.28. The van der Waals surface area contributed by atoms with Gasteiger partial charge in [-0.3, -0.25) is 9.59 Å². The molecule has 39 heavy (non-hydrogen) atoms. The number of benzene rings is 2. The first-order valence-electron chi connectivity index (χ1n) is 14.0. The Kier molecular flexibility index (Phi) is 8.35. The predicted molar refractivity (Wildman–Crippen MR) is 154 cm³/mol. The van der Waals surface area contributed by atoms with E-state index in [0.717, 1.165) is 37.8 Å². The molecule has 2 saturated heterocycles. The molecule has 3 aromatic carbocycles. The summed E-state index contributed by atoms with van der Waals surface area (Å²) in [5, 5.41) is 12.5. The van der Waals surface area contributed by atoms with Gasteiger partial charge >= 0.3 is 0 Å². The van der Waals surface area contributed by atoms with Crippen molar-refractivity contribution in [2.45, 2.75) is 50.2 Å². The van der Waals surface area contributed by atoms with Crippen molar-refractivity contribution in [1.82, 2.24) is 0 Å². The second kappa shape index (κ2) is 11.9. The van der Waals surface area contributed by atoms with Gasteiger partial charge in [0.25, 0.3) is 10.9 Å². The molecule has 208 valence electrons. The summed E-state index contributed by atoms with van der Waals surface area (Å²) >= 11 is 0. The van der Waals surface area contributed by atoms with E-state index in [2.05, 4.69) is 0 Å². The van der Waals surface area contributed by atoms with Gasteiger partial charge in [-0.1, -0.05) is 36.4 Å². The van der Waals surface area contributed by atoms with Crippen molar-refractivity contribution in [1.29, 1.82) is 0 Å². The summed E-state index contributed by atoms with van der Waals surface area (Å²) in [6.45, 7) is 2.98. The Morgan fingerprint density at radius 2 is 1.56 bits per heavy atom. The molecule has 5 rings (SSSR count). The molecule has 8 heteroatoms. The molecule has 2 aliphatic rings. The van der Waals surface area contributed by atoms with E-state index in [-0.39, 0.29) is 12.0 Å². The Hall–Kier alpha value is -3.20. The van der Waals surface area contributed by atoms with E-state index in [1.54, 1.807) is 7.11 Å². The predicted octanol–water partition coefficient (Wildman–Crippen LogP) is 3.53. The van der Waals surface area contributed by atoms with Gasteiger partial charge in [0, 0.05) is 57.4 Å². The van der Waals surface area contributed by atoms with Crippen molar-refractivity contribution in [2.75, 3.05) is 49.7 Å². The lowest BCUT2D eigenvalue weighted by Gasteiger charge is -2.45. The van der Waals surface area contributed by atoms with E-state index in [1.807, 2.05) is 64.4 Å². The van der Waals surface area contributed by atoms with Crippen LogP contribution in [-0.4, -0.2) is 51.0 Å². The molecular formula is C31H39N3O5. The molecule has 2 heterocycles. The standard InChI is InChI=1S/C31H39N3O5/c1-38-19-9-16-31(37,25-14-5-6-15-26(25)39-24-12-3-2-4-13-24)22-10-7-17-33(20-22)27-28(30(36)29(27)35)34-18-8-11-23(32)21-34/h2-6,12-15,22-23,37H,7-11,16-21,32H2,1H3/t22?,23?,31-/m0/s1. The molecule has 0 aliphatic carbocycles. The number of nitrogens with zero attached hydrogens (tertiary/aromatic N) is 2. The highest BCUT2D eigenvalue weighted by molar-refractivity contribution is 5.76. The topological polar surface area (TPSA) is 105 Å². The average Bonchev–Trinajstić information content (AvgIpc) is 2.96. The molecule has 3 aromatic rings. The van der Waals surface area contributed by atoms with Gasteiger partial charge in [0.05, 0.1) is 5.60 Å². The smallest absolute Gasteiger partial charge is 0.253 e. The molecule has 0 amide bonds. The van der Waals surface area contributed by atoms with Crippen LogP contribution in [0.15, 0.2) is 64.2 Å². The van der Waals surface area contributed by atoms with E-state index in [9.17, 15) is 14.7 Å². The summed E-state index contributed by atoms with van der Waals surface area (Å²) in [4.78, 5) is 29.6. The largest absolute Gasteiger partial charge is 0.457 e. The summed E-state index contributed by atoms with van der Waals surface area (Å²) in [6, 6.07) is 17.2. The van der Waals surface area contributed by atoms with Gasteiger partial charge < -0.3 is 30.1 Å². The van der Waals surface area contributed by atoms with Crippen molar-refractivity contribution in [3.8, 4) is 11.5 Å². The average molecular weight is 534 g/mol. The van der Waals surface area contributed by atoms with Crippen LogP contribution in [0.25, 0.3) is 0 Å². The maximum absolute atomic E-state index is 12.9. The number of piperidine rings is 2. The quantitative estimate of drug-likeness (QED) is 0.301. The number of nitrogens with two attached hydrogens (primary N) is 1. The number of aliphatic hydroxyl groups is 1. The molecule has 3 N–H and O–H groups in total. The van der Waals surface area contributed by atoms with Crippen LogP contribution in [0.3, 0.4) is 0 Å². The summed E-state index contributed by atoms with van der Waals surface area (Å²) < 4.78 is 11.6. The molecule has 2 fully saturated rings. The molecule has 2 aliphatic heterocycles. The van der Waals surface area contributed by atoms with E-state index in [1.165, 1.54) is 0 Å². The number of hydrogen-bond acceptors (Lipinski definition) is 8. The molecule has 0 bridgehead atoms. The van der Waals surface area contributed by atoms with Gasteiger partial charge in [-0.15, -0.1) is 0 Å². The molecule has 0 spiro atoms. The van der Waals surface area contributed by atoms with Gasteiger partial charge in [-0.2, -0.15) is 0 Å². The molecule has 2 unspecified atom stereocenters. The summed E-state index contributed by atoms with van der Waals surface area (Å²) in [5.74, 6) is 1.13. The Balaban J connectivity index is 1.46. The zero-order valence-corrected chi connectivity index (χ0v) is 22.7. The Bertz CT molecular complexity index is 1320. The van der Waals surface area contributed by atoms with Gasteiger partial charge in [0.2, 0.25) is 0 Å². The van der Waals surface area contributed by atoms with Crippen LogP contribution in [0, 0.1) is 5.92 Å². The Morgan fingerprint density at radius 3 is 2.26 bits per heavy atom. The van der Waals surface area contributed by atoms with Crippen LogP contribution in [0.1, 0.15) is 44.1 Å². The number of hydrogen-bond donors (Lipinski definition) is 2. The maximum atomic E-state index is 12.9. The van der Waals surface area contributed by atoms with Crippen molar-refractivity contribution >= 4 is 11.4 Å². The van der Waals surface area contributed by atoms with E-state index in [0.29, 0.717) is 62.0 Å². The first kappa shape index (κ1) is 27.4. The molecule has 8 nitrogen and oxygen atoms in total. The van der Waals surface area contributed by atoms with Crippen molar-refractivity contribution in [2.24, 2.45) is 11.7 Å². The van der Waals surface area contributed by atoms with Gasteiger partial charge in [-0.05, 0) is 56.7 Å². The van der Waals surface area contributed by atoms with Crippen LogP contribution < -0.4 is 31.1 Å². The lowest BCUT2D eigenvalue weighted by Crippen LogP contribution is -2.54. The van der Waals surface area contributed by atoms with Crippen molar-refractivity contribution in [3.05, 3.63) is 80.6 Å². The first-order chi connectivity index (χ1) is 18.9. The Labute approximate surface area is 229 Å². The number of rotatable bonds is 10. The fourth-order valence-electron chi connectivity index (χ4n) is 6.31. The zero-order valence-electron chi connectivity index (χ0n) is 22.7. The van der Waals surface area contributed by atoms with E-state index < -0.39 is 16.5 Å². The monoisotopic (exact) mass is 533 g/mol. The first-order valence-corrected chi connectivity index (χ1v) is 14.0. The minimum absolute atomic E-state index is 0.00269. The third kappa shape index (κ3) is 5.60. The van der Waals surface area contributed by atoms with Gasteiger partial charge in [-0.25, -0.2) is 0 Å². The zero-order chi connectivity index (χ0) is 27.4. The number of para-hydroxylation sites is 2. The summed E-state index contributed by atoms with van der Waals surface area (Å²) in [5.41, 5.74) is 5.85. The van der Waals surface area contributed by atoms with Crippen LogP contribution in [0.4, 0.5) is 11.4 Å². The van der Waals surface area contributed by atoms with Crippen molar-refractivity contribution < 1.29 is 14.6 Å². The highest BCUT2D eigenvalue weighted by Crippen LogP contribution is 2.45. The second-order valence-corrected chi connectivity index (χ2v) is 10.9. The van der Waals surface area contributed by atoms with E-state index in [4.69, 9.17) is 15.2 Å². The maximum Gasteiger partial charge on any atom is 0.253 e. The normalized spacial score (nSPS) is 21.6. The minimum atomic E-state index is -1.21. The molecule has 0 saturated carbocycles. The highest BCUT2D eigenvalue weighted by atomic mass is 16.5. The Morgan fingerprint density at radius 1 is 0.923 bits per heavy atom. The minimum Gasteiger partial charge on any atom is -0.457 e. The second-order valence-electron chi connectivity index (χ2n) is 10.9. The molecule has 0 radical (unpaired) electrons. The molecule has 3 atom stereocenters. The molecule has 0 aromatic heterocycles. The fourth-order valence-corrected chi connectivity index (χ4v) is 6.31. The number of methoxy groups -OCH3 is 1. The molecular weight excluding hydrogens is 494 g/mol.